The van der Waals surface area contributed by atoms with E-state index in [1.165, 1.54) is 0 Å². The normalized spacial score (nSPS) is 13.6. The van der Waals surface area contributed by atoms with Gasteiger partial charge in [-0.15, -0.1) is 11.3 Å². The van der Waals surface area contributed by atoms with E-state index in [0.29, 0.717) is 16.3 Å². The van der Waals surface area contributed by atoms with Gasteiger partial charge >= 0.3 is 5.97 Å². The molecule has 0 saturated carbocycles. The van der Waals surface area contributed by atoms with Crippen LogP contribution in [0.4, 0.5) is 5.69 Å². The number of phenols is 1. The minimum atomic E-state index is -0.586. The van der Waals surface area contributed by atoms with Crippen LogP contribution in [0.2, 0.25) is 0 Å². The number of thiophene rings is 1. The quantitative estimate of drug-likeness (QED) is 0.635. The van der Waals surface area contributed by atoms with E-state index < -0.39 is 11.6 Å². The van der Waals surface area contributed by atoms with Gasteiger partial charge in [0.2, 0.25) is 0 Å². The van der Waals surface area contributed by atoms with E-state index in [1.807, 2.05) is 45.0 Å². The van der Waals surface area contributed by atoms with Crippen LogP contribution >= 0.6 is 11.3 Å². The molecule has 0 aliphatic carbocycles. The number of anilines is 1. The topological polar surface area (TPSA) is 66.8 Å². The molecule has 0 bridgehead atoms. The summed E-state index contributed by atoms with van der Waals surface area (Å²) in [5.74, 6) is -0.440. The molecule has 2 aromatic carbocycles. The highest BCUT2D eigenvalue weighted by atomic mass is 32.1. The number of esters is 1. The molecular weight excluding hydrogens is 374 g/mol. The van der Waals surface area contributed by atoms with Crippen LogP contribution in [0.1, 0.15) is 45.7 Å². The molecule has 3 aromatic rings. The summed E-state index contributed by atoms with van der Waals surface area (Å²) in [5, 5.41) is 12.2. The standard InChI is InChI=1S/C22H21NO4S/c1-22(2,3)27-21(26)19-9-8-18(28-19)20(25)23-11-10-14-13-6-4-5-7-15(13)17(24)12-16(14)23/h4-9,12,24H,10-11H2,1-3H3. The van der Waals surface area contributed by atoms with Crippen molar-refractivity contribution in [2.45, 2.75) is 32.8 Å². The first-order chi connectivity index (χ1) is 13.2. The number of hydrogen-bond donors (Lipinski definition) is 1. The van der Waals surface area contributed by atoms with Crippen molar-refractivity contribution < 1.29 is 19.4 Å². The van der Waals surface area contributed by atoms with E-state index in [-0.39, 0.29) is 11.7 Å². The molecule has 1 aliphatic heterocycles. The van der Waals surface area contributed by atoms with Crippen molar-refractivity contribution in [3.63, 3.8) is 0 Å². The molecule has 144 valence electrons. The van der Waals surface area contributed by atoms with Crippen molar-refractivity contribution in [3.05, 3.63) is 57.8 Å². The number of phenolic OH excluding ortho intramolecular Hbond substituents is 1. The van der Waals surface area contributed by atoms with Gasteiger partial charge in [-0.05, 0) is 50.3 Å². The largest absolute Gasteiger partial charge is 0.507 e. The fourth-order valence-corrected chi connectivity index (χ4v) is 4.32. The van der Waals surface area contributed by atoms with Crippen LogP contribution in [0.3, 0.4) is 0 Å². The maximum Gasteiger partial charge on any atom is 0.348 e. The van der Waals surface area contributed by atoms with Crippen LogP contribution in [0.5, 0.6) is 5.75 Å². The summed E-state index contributed by atoms with van der Waals surface area (Å²) in [5.41, 5.74) is 1.21. The Hall–Kier alpha value is -2.86. The Labute approximate surface area is 167 Å². The Balaban J connectivity index is 1.64. The minimum Gasteiger partial charge on any atom is -0.507 e. The van der Waals surface area contributed by atoms with Gasteiger partial charge in [-0.1, -0.05) is 24.3 Å². The second-order valence-electron chi connectivity index (χ2n) is 7.81. The van der Waals surface area contributed by atoms with Crippen molar-refractivity contribution in [2.75, 3.05) is 11.4 Å². The molecule has 0 unspecified atom stereocenters. The van der Waals surface area contributed by atoms with Gasteiger partial charge in [-0.3, -0.25) is 4.79 Å². The number of benzene rings is 2. The van der Waals surface area contributed by atoms with E-state index in [0.717, 1.165) is 39.8 Å². The molecule has 0 saturated heterocycles. The lowest BCUT2D eigenvalue weighted by atomic mass is 10.0. The highest BCUT2D eigenvalue weighted by Gasteiger charge is 2.30. The molecule has 28 heavy (non-hydrogen) atoms. The molecule has 5 nitrogen and oxygen atoms in total. The van der Waals surface area contributed by atoms with Gasteiger partial charge in [0.25, 0.3) is 5.91 Å². The average Bonchev–Trinajstić information content (AvgIpc) is 3.27. The van der Waals surface area contributed by atoms with E-state index in [2.05, 4.69) is 0 Å². The molecule has 0 spiro atoms. The number of carbonyl (C=O) groups excluding carboxylic acids is 2. The third-order valence-corrected chi connectivity index (χ3v) is 5.70. The lowest BCUT2D eigenvalue weighted by Crippen LogP contribution is -2.28. The number of hydrogen-bond acceptors (Lipinski definition) is 5. The van der Waals surface area contributed by atoms with E-state index >= 15 is 0 Å². The average molecular weight is 395 g/mol. The first kappa shape index (κ1) is 18.5. The Kier molecular flexibility index (Phi) is 4.38. The van der Waals surface area contributed by atoms with Gasteiger partial charge in [0.1, 0.15) is 16.2 Å². The Morgan fingerprint density at radius 2 is 1.75 bits per heavy atom. The highest BCUT2D eigenvalue weighted by Crippen LogP contribution is 2.40. The summed E-state index contributed by atoms with van der Waals surface area (Å²) in [6, 6.07) is 12.6. The molecule has 1 aliphatic rings. The van der Waals surface area contributed by atoms with Gasteiger partial charge in [-0.2, -0.15) is 0 Å². The molecule has 4 rings (SSSR count). The zero-order valence-electron chi connectivity index (χ0n) is 16.0. The Bertz CT molecular complexity index is 1090. The lowest BCUT2D eigenvalue weighted by Gasteiger charge is -2.19. The molecule has 1 aromatic heterocycles. The zero-order valence-corrected chi connectivity index (χ0v) is 16.8. The lowest BCUT2D eigenvalue weighted by molar-refractivity contribution is 0.00751. The van der Waals surface area contributed by atoms with E-state index in [1.54, 1.807) is 23.1 Å². The molecule has 0 radical (unpaired) electrons. The molecule has 1 amide bonds. The zero-order chi connectivity index (χ0) is 20.1. The predicted octanol–water partition coefficient (Wildman–Crippen LogP) is 4.77. The molecule has 6 heteroatoms. The molecular formula is C22H21NO4S. The van der Waals surface area contributed by atoms with Crippen LogP contribution in [0, 0.1) is 0 Å². The first-order valence-electron chi connectivity index (χ1n) is 9.13. The fourth-order valence-electron chi connectivity index (χ4n) is 3.48. The third kappa shape index (κ3) is 3.24. The van der Waals surface area contributed by atoms with Gasteiger partial charge in [0, 0.05) is 18.0 Å². The van der Waals surface area contributed by atoms with Crippen LogP contribution in [-0.2, 0) is 11.2 Å². The number of ether oxygens (including phenoxy) is 1. The van der Waals surface area contributed by atoms with Crippen LogP contribution in [0.15, 0.2) is 42.5 Å². The van der Waals surface area contributed by atoms with Crippen LogP contribution < -0.4 is 4.90 Å². The molecule has 0 atom stereocenters. The predicted molar refractivity (Wildman–Crippen MR) is 110 cm³/mol. The Morgan fingerprint density at radius 1 is 1.07 bits per heavy atom. The summed E-state index contributed by atoms with van der Waals surface area (Å²) in [4.78, 5) is 27.9. The van der Waals surface area contributed by atoms with Crippen molar-refractivity contribution in [2.24, 2.45) is 0 Å². The first-order valence-corrected chi connectivity index (χ1v) is 9.95. The number of fused-ring (bicyclic) bond motifs is 3. The van der Waals surface area contributed by atoms with Gasteiger partial charge in [-0.25, -0.2) is 4.79 Å². The Morgan fingerprint density at radius 3 is 2.46 bits per heavy atom. The monoisotopic (exact) mass is 395 g/mol. The number of rotatable bonds is 2. The SMILES string of the molecule is CC(C)(C)OC(=O)c1ccc(C(=O)N2CCc3c2cc(O)c2ccccc32)s1. The maximum atomic E-state index is 13.1. The second kappa shape index (κ2) is 6.63. The fraction of sp³-hybridized carbons (Fsp3) is 0.273. The smallest absolute Gasteiger partial charge is 0.348 e. The number of carbonyl (C=O) groups is 2. The summed E-state index contributed by atoms with van der Waals surface area (Å²) in [6.07, 6.45) is 0.728. The van der Waals surface area contributed by atoms with E-state index in [9.17, 15) is 14.7 Å². The van der Waals surface area contributed by atoms with Crippen LogP contribution in [0.25, 0.3) is 10.8 Å². The highest BCUT2D eigenvalue weighted by molar-refractivity contribution is 7.16. The van der Waals surface area contributed by atoms with Crippen molar-refractivity contribution >= 4 is 39.7 Å². The van der Waals surface area contributed by atoms with Crippen molar-refractivity contribution in [1.82, 2.24) is 0 Å². The third-order valence-electron chi connectivity index (χ3n) is 4.65. The summed E-state index contributed by atoms with van der Waals surface area (Å²) >= 11 is 1.13. The molecule has 2 heterocycles. The molecule has 1 N–H and O–H groups in total. The number of nitrogens with zero attached hydrogens (tertiary/aromatic N) is 1. The van der Waals surface area contributed by atoms with E-state index in [4.69, 9.17) is 4.74 Å². The molecule has 0 fully saturated rings. The second-order valence-corrected chi connectivity index (χ2v) is 8.90. The summed E-state index contributed by atoms with van der Waals surface area (Å²) in [6.45, 7) is 5.97. The number of aromatic hydroxyl groups is 1. The number of amides is 1. The van der Waals surface area contributed by atoms with Gasteiger partial charge in [0.15, 0.2) is 0 Å². The van der Waals surface area contributed by atoms with Crippen molar-refractivity contribution in [3.8, 4) is 5.75 Å². The van der Waals surface area contributed by atoms with Gasteiger partial charge in [0.05, 0.1) is 10.6 Å². The van der Waals surface area contributed by atoms with Crippen LogP contribution in [-0.4, -0.2) is 29.1 Å². The minimum absolute atomic E-state index is 0.162. The van der Waals surface area contributed by atoms with Crippen molar-refractivity contribution in [1.29, 1.82) is 0 Å². The summed E-state index contributed by atoms with van der Waals surface area (Å²) in [7, 11) is 0. The maximum absolute atomic E-state index is 13.1. The summed E-state index contributed by atoms with van der Waals surface area (Å²) < 4.78 is 5.38. The van der Waals surface area contributed by atoms with Gasteiger partial charge < -0.3 is 14.7 Å².